The molecule has 2 heterocycles. The highest BCUT2D eigenvalue weighted by Crippen LogP contribution is 2.14. The number of halogens is 2. The molecule has 0 saturated carbocycles. The zero-order valence-corrected chi connectivity index (χ0v) is 15.3. The van der Waals surface area contributed by atoms with Crippen molar-refractivity contribution in [3.8, 4) is 0 Å². The first-order valence-corrected chi connectivity index (χ1v) is 9.18. The van der Waals surface area contributed by atoms with Crippen LogP contribution in [0.15, 0.2) is 17.4 Å². The fourth-order valence-electron chi connectivity index (χ4n) is 2.68. The van der Waals surface area contributed by atoms with E-state index >= 15 is 0 Å². The average molecular weight is 373 g/mol. The van der Waals surface area contributed by atoms with E-state index in [0.717, 1.165) is 43.7 Å². The molecule has 7 nitrogen and oxygen atoms in total. The minimum absolute atomic E-state index is 0.0902. The van der Waals surface area contributed by atoms with E-state index in [4.69, 9.17) is 9.47 Å². The van der Waals surface area contributed by atoms with Gasteiger partial charge in [-0.1, -0.05) is 0 Å². The van der Waals surface area contributed by atoms with Gasteiger partial charge in [0.05, 0.1) is 0 Å². The SMILES string of the molecule is CCNC(=NCc1nccn1C(F)F)NCCCOCC1CCOCC1. The second-order valence-electron chi connectivity index (χ2n) is 6.13. The Balaban J connectivity index is 1.66. The van der Waals surface area contributed by atoms with Gasteiger partial charge in [-0.3, -0.25) is 4.57 Å². The molecule has 1 aliphatic heterocycles. The molecule has 0 atom stereocenters. The summed E-state index contributed by atoms with van der Waals surface area (Å²) in [4.78, 5) is 8.24. The lowest BCUT2D eigenvalue weighted by Gasteiger charge is -2.21. The highest BCUT2D eigenvalue weighted by Gasteiger charge is 2.13. The summed E-state index contributed by atoms with van der Waals surface area (Å²) in [6.45, 7) is 3.96. The quantitative estimate of drug-likeness (QED) is 0.374. The van der Waals surface area contributed by atoms with Gasteiger partial charge in [-0.05, 0) is 32.1 Å². The van der Waals surface area contributed by atoms with Crippen molar-refractivity contribution in [2.75, 3.05) is 39.5 Å². The van der Waals surface area contributed by atoms with Gasteiger partial charge in [0, 0.05) is 51.9 Å². The van der Waals surface area contributed by atoms with Crippen LogP contribution in [0.5, 0.6) is 0 Å². The molecule has 0 aromatic carbocycles. The molecule has 1 fully saturated rings. The summed E-state index contributed by atoms with van der Waals surface area (Å²) in [7, 11) is 0. The van der Waals surface area contributed by atoms with Gasteiger partial charge in [0.2, 0.25) is 0 Å². The van der Waals surface area contributed by atoms with Gasteiger partial charge in [0.1, 0.15) is 12.4 Å². The number of ether oxygens (including phenoxy) is 2. The van der Waals surface area contributed by atoms with E-state index in [1.807, 2.05) is 6.92 Å². The van der Waals surface area contributed by atoms with Crippen LogP contribution in [0.4, 0.5) is 8.78 Å². The first-order valence-electron chi connectivity index (χ1n) is 9.18. The smallest absolute Gasteiger partial charge is 0.319 e. The Labute approximate surface area is 153 Å². The first kappa shape index (κ1) is 20.6. The van der Waals surface area contributed by atoms with E-state index in [-0.39, 0.29) is 12.4 Å². The molecule has 0 aliphatic carbocycles. The lowest BCUT2D eigenvalue weighted by Crippen LogP contribution is -2.38. The Hall–Kier alpha value is -1.74. The Morgan fingerprint density at radius 3 is 2.96 bits per heavy atom. The number of rotatable bonds is 10. The molecule has 2 N–H and O–H groups in total. The third-order valence-electron chi connectivity index (χ3n) is 4.13. The van der Waals surface area contributed by atoms with Crippen molar-refractivity contribution < 1.29 is 18.3 Å². The summed E-state index contributed by atoms with van der Waals surface area (Å²) in [5, 5.41) is 6.28. The highest BCUT2D eigenvalue weighted by molar-refractivity contribution is 5.79. The van der Waals surface area contributed by atoms with Crippen LogP contribution in [-0.4, -0.2) is 55.0 Å². The topological polar surface area (TPSA) is 72.7 Å². The van der Waals surface area contributed by atoms with Gasteiger partial charge in [-0.25, -0.2) is 9.98 Å². The molecule has 1 saturated heterocycles. The molecule has 1 aromatic rings. The van der Waals surface area contributed by atoms with Crippen molar-refractivity contribution in [1.29, 1.82) is 0 Å². The lowest BCUT2D eigenvalue weighted by atomic mass is 10.0. The van der Waals surface area contributed by atoms with Crippen LogP contribution < -0.4 is 10.6 Å². The molecule has 9 heteroatoms. The molecule has 26 heavy (non-hydrogen) atoms. The molecule has 0 unspecified atom stereocenters. The summed E-state index contributed by atoms with van der Waals surface area (Å²) < 4.78 is 37.5. The van der Waals surface area contributed by atoms with Crippen LogP contribution in [0.25, 0.3) is 0 Å². The molecule has 1 aliphatic rings. The van der Waals surface area contributed by atoms with E-state index in [1.54, 1.807) is 0 Å². The van der Waals surface area contributed by atoms with Crippen molar-refractivity contribution in [2.24, 2.45) is 10.9 Å². The van der Waals surface area contributed by atoms with Gasteiger partial charge < -0.3 is 20.1 Å². The van der Waals surface area contributed by atoms with Crippen LogP contribution in [0.2, 0.25) is 0 Å². The third-order valence-corrected chi connectivity index (χ3v) is 4.13. The fraction of sp³-hybridized carbons (Fsp3) is 0.765. The number of alkyl halides is 2. The Morgan fingerprint density at radius 1 is 1.42 bits per heavy atom. The Morgan fingerprint density at radius 2 is 2.23 bits per heavy atom. The number of aromatic nitrogens is 2. The van der Waals surface area contributed by atoms with Crippen molar-refractivity contribution in [3.05, 3.63) is 18.2 Å². The van der Waals surface area contributed by atoms with Crippen LogP contribution in [0.3, 0.4) is 0 Å². The molecule has 1 aromatic heterocycles. The number of hydrogen-bond donors (Lipinski definition) is 2. The van der Waals surface area contributed by atoms with Gasteiger partial charge in [-0.2, -0.15) is 8.78 Å². The normalized spacial score (nSPS) is 16.2. The van der Waals surface area contributed by atoms with Crippen molar-refractivity contribution in [2.45, 2.75) is 39.3 Å². The number of hydrogen-bond acceptors (Lipinski definition) is 4. The maximum Gasteiger partial charge on any atom is 0.319 e. The van der Waals surface area contributed by atoms with E-state index < -0.39 is 6.55 Å². The Bertz CT molecular complexity index is 533. The molecule has 0 radical (unpaired) electrons. The molecule has 0 bridgehead atoms. The summed E-state index contributed by atoms with van der Waals surface area (Å²) in [6, 6.07) is 0. The van der Waals surface area contributed by atoms with E-state index in [0.29, 0.717) is 31.6 Å². The summed E-state index contributed by atoms with van der Waals surface area (Å²) in [6.07, 6.45) is 5.60. The number of guanidine groups is 1. The number of nitrogens with zero attached hydrogens (tertiary/aromatic N) is 3. The summed E-state index contributed by atoms with van der Waals surface area (Å²) in [5.41, 5.74) is 0. The minimum Gasteiger partial charge on any atom is -0.381 e. The summed E-state index contributed by atoms with van der Waals surface area (Å²) >= 11 is 0. The first-order chi connectivity index (χ1) is 12.7. The van der Waals surface area contributed by atoms with Crippen LogP contribution in [0, 0.1) is 5.92 Å². The molecule has 2 rings (SSSR count). The second-order valence-corrected chi connectivity index (χ2v) is 6.13. The van der Waals surface area contributed by atoms with Crippen LogP contribution in [-0.2, 0) is 16.0 Å². The number of imidazole rings is 1. The Kier molecular flexibility index (Phi) is 9.33. The van der Waals surface area contributed by atoms with Crippen molar-refractivity contribution in [1.82, 2.24) is 20.2 Å². The van der Waals surface area contributed by atoms with Crippen molar-refractivity contribution >= 4 is 5.96 Å². The standard InChI is InChI=1S/C17H29F2N5O2/c1-2-20-17(23-12-15-21-7-8-24(15)16(18)19)22-6-3-9-26-13-14-4-10-25-11-5-14/h7-8,14,16H,2-6,9-13H2,1H3,(H2,20,22,23). The molecule has 148 valence electrons. The second kappa shape index (κ2) is 11.8. The van der Waals surface area contributed by atoms with Crippen LogP contribution in [0.1, 0.15) is 38.6 Å². The third kappa shape index (κ3) is 7.25. The van der Waals surface area contributed by atoms with Gasteiger partial charge in [0.15, 0.2) is 5.96 Å². The highest BCUT2D eigenvalue weighted by atomic mass is 19.3. The van der Waals surface area contributed by atoms with E-state index in [1.165, 1.54) is 12.4 Å². The molecular formula is C17H29F2N5O2. The lowest BCUT2D eigenvalue weighted by molar-refractivity contribution is 0.0203. The molecule has 0 spiro atoms. The summed E-state index contributed by atoms with van der Waals surface area (Å²) in [5.74, 6) is 1.42. The molecule has 0 amide bonds. The number of aliphatic imine (C=N–C) groups is 1. The van der Waals surface area contributed by atoms with E-state index in [2.05, 4.69) is 20.6 Å². The largest absolute Gasteiger partial charge is 0.381 e. The zero-order chi connectivity index (χ0) is 18.6. The van der Waals surface area contributed by atoms with Gasteiger partial charge in [0.25, 0.3) is 0 Å². The van der Waals surface area contributed by atoms with Crippen LogP contribution >= 0.6 is 0 Å². The zero-order valence-electron chi connectivity index (χ0n) is 15.3. The maximum absolute atomic E-state index is 12.8. The maximum atomic E-state index is 12.8. The number of nitrogens with one attached hydrogen (secondary N) is 2. The van der Waals surface area contributed by atoms with Gasteiger partial charge in [-0.15, -0.1) is 0 Å². The van der Waals surface area contributed by atoms with Crippen molar-refractivity contribution in [3.63, 3.8) is 0 Å². The predicted octanol–water partition coefficient (Wildman–Crippen LogP) is 2.17. The minimum atomic E-state index is -2.61. The average Bonchev–Trinajstić information content (AvgIpc) is 3.12. The predicted molar refractivity (Wildman–Crippen MR) is 95.3 cm³/mol. The molecular weight excluding hydrogens is 344 g/mol. The van der Waals surface area contributed by atoms with Gasteiger partial charge >= 0.3 is 6.55 Å². The van der Waals surface area contributed by atoms with E-state index in [9.17, 15) is 8.78 Å². The monoisotopic (exact) mass is 373 g/mol. The fourth-order valence-corrected chi connectivity index (χ4v) is 2.68.